The molecule has 0 bridgehead atoms. The van der Waals surface area contributed by atoms with Crippen molar-refractivity contribution in [2.24, 2.45) is 4.99 Å². The van der Waals surface area contributed by atoms with Gasteiger partial charge in [-0.2, -0.15) is 4.99 Å². The minimum Gasteiger partial charge on any atom is -0.497 e. The number of ether oxygens (including phenoxy) is 2. The molecule has 1 aliphatic rings. The molecule has 2 heterocycles. The Kier molecular flexibility index (Phi) is 10.5. The van der Waals surface area contributed by atoms with Crippen LogP contribution in [0.2, 0.25) is 0 Å². The van der Waals surface area contributed by atoms with Crippen molar-refractivity contribution in [3.63, 3.8) is 0 Å². The van der Waals surface area contributed by atoms with Gasteiger partial charge in [0.1, 0.15) is 17.8 Å². The first-order chi connectivity index (χ1) is 22.8. The molecule has 1 saturated heterocycles. The summed E-state index contributed by atoms with van der Waals surface area (Å²) in [4.78, 5) is 24.3. The number of benzene rings is 3. The molecule has 1 aliphatic heterocycles. The predicted molar refractivity (Wildman–Crippen MR) is 184 cm³/mol. The second kappa shape index (κ2) is 14.5. The second-order valence-corrected chi connectivity index (χ2v) is 12.7. The van der Waals surface area contributed by atoms with E-state index >= 15 is 0 Å². The van der Waals surface area contributed by atoms with Crippen LogP contribution in [0.4, 0.5) is 23.7 Å². The average molecular weight is 679 g/mol. The standard InChI is InChI=1S/C35H37F3N6O3S/c1-21(2)30-19-29(46-6)15-16-31(30)44-22(3)17-18-48-34(44)41-33(45)40-24(5)23(4)25-7-9-26(10-8-25)32-39-20-43(42-32)27-11-13-28(14-12-27)47-35(36,37)38/h7-16,19-22H,17-18H2,1-6H3,(H,40,45)/b24-23+,41-34?. The summed E-state index contributed by atoms with van der Waals surface area (Å²) in [6.45, 7) is 10.2. The Morgan fingerprint density at radius 2 is 1.73 bits per heavy atom. The van der Waals surface area contributed by atoms with E-state index in [2.05, 4.69) is 50.8 Å². The number of carbonyl (C=O) groups excluding carboxylic acids is 1. The highest BCUT2D eigenvalue weighted by molar-refractivity contribution is 8.14. The second-order valence-electron chi connectivity index (χ2n) is 11.6. The molecule has 5 rings (SSSR count). The van der Waals surface area contributed by atoms with Gasteiger partial charge in [-0.15, -0.1) is 18.3 Å². The number of urea groups is 1. The van der Waals surface area contributed by atoms with E-state index in [9.17, 15) is 18.0 Å². The van der Waals surface area contributed by atoms with E-state index in [1.807, 2.05) is 56.3 Å². The number of allylic oxidation sites excluding steroid dienone is 2. The van der Waals surface area contributed by atoms with E-state index in [0.29, 0.717) is 22.4 Å². The number of halogens is 3. The summed E-state index contributed by atoms with van der Waals surface area (Å²) in [5, 5.41) is 8.07. The summed E-state index contributed by atoms with van der Waals surface area (Å²) in [6.07, 6.45) is -2.31. The van der Waals surface area contributed by atoms with E-state index in [0.717, 1.165) is 45.9 Å². The molecule has 0 aliphatic carbocycles. The number of aliphatic imine (C=N–C) groups is 1. The molecule has 1 unspecified atom stereocenters. The molecule has 3 aromatic carbocycles. The van der Waals surface area contributed by atoms with Crippen molar-refractivity contribution in [3.05, 3.63) is 89.9 Å². The Balaban J connectivity index is 1.29. The molecule has 1 N–H and O–H groups in total. The van der Waals surface area contributed by atoms with Gasteiger partial charge in [-0.25, -0.2) is 14.5 Å². The van der Waals surface area contributed by atoms with Crippen LogP contribution in [0.5, 0.6) is 11.5 Å². The zero-order valence-electron chi connectivity index (χ0n) is 27.5. The van der Waals surface area contributed by atoms with Crippen LogP contribution in [-0.2, 0) is 0 Å². The molecule has 9 nitrogen and oxygen atoms in total. The number of nitrogens with one attached hydrogen (secondary N) is 1. The van der Waals surface area contributed by atoms with Gasteiger partial charge < -0.3 is 19.7 Å². The van der Waals surface area contributed by atoms with Crippen molar-refractivity contribution in [2.75, 3.05) is 17.8 Å². The van der Waals surface area contributed by atoms with Gasteiger partial charge in [-0.05, 0) is 92.3 Å². The number of amides is 2. The van der Waals surface area contributed by atoms with Crippen LogP contribution in [0.1, 0.15) is 58.1 Å². The Morgan fingerprint density at radius 1 is 1.04 bits per heavy atom. The summed E-state index contributed by atoms with van der Waals surface area (Å²) < 4.78 is 48.3. The molecular weight excluding hydrogens is 641 g/mol. The summed E-state index contributed by atoms with van der Waals surface area (Å²) >= 11 is 1.57. The summed E-state index contributed by atoms with van der Waals surface area (Å²) in [7, 11) is 1.66. The van der Waals surface area contributed by atoms with Crippen LogP contribution >= 0.6 is 11.8 Å². The fourth-order valence-corrected chi connectivity index (χ4v) is 6.46. The Bertz CT molecular complexity index is 1820. The monoisotopic (exact) mass is 678 g/mol. The van der Waals surface area contributed by atoms with Crippen molar-refractivity contribution < 1.29 is 27.4 Å². The molecule has 1 atom stereocenters. The highest BCUT2D eigenvalue weighted by Gasteiger charge is 2.31. The SMILES string of the molecule is COc1ccc(N2C(=NC(=O)N/C(C)=C(\C)c3ccc(-c4ncn(-c5ccc(OC(F)(F)F)cc5)n4)cc3)SCCC2C)c(C(C)C)c1. The highest BCUT2D eigenvalue weighted by atomic mass is 32.2. The van der Waals surface area contributed by atoms with Gasteiger partial charge in [0.15, 0.2) is 11.0 Å². The van der Waals surface area contributed by atoms with Gasteiger partial charge in [0.2, 0.25) is 0 Å². The fraction of sp³-hybridized carbons (Fsp3) is 0.314. The molecule has 0 radical (unpaired) electrons. The number of rotatable bonds is 8. The number of aromatic nitrogens is 3. The maximum Gasteiger partial charge on any atom is 0.573 e. The van der Waals surface area contributed by atoms with Crippen LogP contribution in [-0.4, -0.2) is 51.2 Å². The van der Waals surface area contributed by atoms with Crippen molar-refractivity contribution >= 4 is 34.2 Å². The number of hydrogen-bond donors (Lipinski definition) is 1. The predicted octanol–water partition coefficient (Wildman–Crippen LogP) is 8.81. The van der Waals surface area contributed by atoms with Crippen molar-refractivity contribution in [1.82, 2.24) is 20.1 Å². The molecule has 0 spiro atoms. The quantitative estimate of drug-likeness (QED) is 0.199. The van der Waals surface area contributed by atoms with Crippen LogP contribution in [0.3, 0.4) is 0 Å². The van der Waals surface area contributed by atoms with Gasteiger partial charge >= 0.3 is 12.4 Å². The normalized spacial score (nSPS) is 16.6. The molecular formula is C35H37F3N6O3S. The average Bonchev–Trinajstić information content (AvgIpc) is 3.54. The summed E-state index contributed by atoms with van der Waals surface area (Å²) in [6, 6.07) is 18.7. The molecule has 252 valence electrons. The molecule has 4 aromatic rings. The Hall–Kier alpha value is -4.78. The lowest BCUT2D eigenvalue weighted by Crippen LogP contribution is -2.42. The smallest absolute Gasteiger partial charge is 0.497 e. The number of methoxy groups -OCH3 is 1. The van der Waals surface area contributed by atoms with Crippen LogP contribution in [0.15, 0.2) is 83.7 Å². The number of amidine groups is 1. The van der Waals surface area contributed by atoms with Crippen molar-refractivity contribution in [3.8, 4) is 28.6 Å². The number of hydrogen-bond acceptors (Lipinski definition) is 6. The number of carbonyl (C=O) groups is 1. The Labute approximate surface area is 281 Å². The number of alkyl halides is 3. The molecule has 13 heteroatoms. The third-order valence-electron chi connectivity index (χ3n) is 7.99. The van der Waals surface area contributed by atoms with E-state index in [1.54, 1.807) is 18.9 Å². The van der Waals surface area contributed by atoms with E-state index in [4.69, 9.17) is 4.74 Å². The molecule has 1 fully saturated rings. The van der Waals surface area contributed by atoms with Gasteiger partial charge in [0.25, 0.3) is 0 Å². The first-order valence-corrected chi connectivity index (χ1v) is 16.4. The van der Waals surface area contributed by atoms with Crippen molar-refractivity contribution in [1.29, 1.82) is 0 Å². The lowest BCUT2D eigenvalue weighted by molar-refractivity contribution is -0.274. The third-order valence-corrected chi connectivity index (χ3v) is 8.97. The van der Waals surface area contributed by atoms with Crippen LogP contribution < -0.4 is 19.7 Å². The van der Waals surface area contributed by atoms with Crippen LogP contribution in [0, 0.1) is 0 Å². The number of nitrogens with zero attached hydrogens (tertiary/aromatic N) is 5. The highest BCUT2D eigenvalue weighted by Crippen LogP contribution is 2.37. The minimum absolute atomic E-state index is 0.167. The maximum absolute atomic E-state index is 13.2. The maximum atomic E-state index is 13.2. The molecule has 0 saturated carbocycles. The van der Waals surface area contributed by atoms with Gasteiger partial charge in [-0.3, -0.25) is 0 Å². The van der Waals surface area contributed by atoms with E-state index in [-0.39, 0.29) is 17.7 Å². The number of anilines is 1. The molecule has 1 aromatic heterocycles. The van der Waals surface area contributed by atoms with Gasteiger partial charge in [-0.1, -0.05) is 49.9 Å². The molecule has 48 heavy (non-hydrogen) atoms. The first kappa shape index (κ1) is 34.6. The van der Waals surface area contributed by atoms with E-state index in [1.165, 1.54) is 35.3 Å². The van der Waals surface area contributed by atoms with Gasteiger partial charge in [0.05, 0.1) is 12.8 Å². The minimum atomic E-state index is -4.76. The van der Waals surface area contributed by atoms with Gasteiger partial charge in [0, 0.05) is 28.7 Å². The van der Waals surface area contributed by atoms with E-state index < -0.39 is 12.4 Å². The third kappa shape index (κ3) is 8.19. The number of thioether (sulfide) groups is 1. The molecule has 2 amide bonds. The summed E-state index contributed by atoms with van der Waals surface area (Å²) in [5.74, 6) is 2.03. The van der Waals surface area contributed by atoms with Crippen LogP contribution in [0.25, 0.3) is 22.6 Å². The zero-order valence-corrected chi connectivity index (χ0v) is 28.3. The topological polar surface area (TPSA) is 93.9 Å². The first-order valence-electron chi connectivity index (χ1n) is 15.4. The summed E-state index contributed by atoms with van der Waals surface area (Å²) in [5.41, 5.74) is 5.86. The van der Waals surface area contributed by atoms with Crippen molar-refractivity contribution in [2.45, 2.75) is 59.4 Å². The Morgan fingerprint density at radius 3 is 2.38 bits per heavy atom. The lowest BCUT2D eigenvalue weighted by Gasteiger charge is -2.37. The lowest BCUT2D eigenvalue weighted by atomic mass is 9.99. The fourth-order valence-electron chi connectivity index (χ4n) is 5.25. The largest absolute Gasteiger partial charge is 0.573 e. The zero-order chi connectivity index (χ0) is 34.6.